The molecule has 12 rings (SSSR count). The molecule has 0 bridgehead atoms. The van der Waals surface area contributed by atoms with Gasteiger partial charge in [0.1, 0.15) is 29.3 Å². The Bertz CT molecular complexity index is 3320. The second-order valence-corrected chi connectivity index (χ2v) is 15.9. The van der Waals surface area contributed by atoms with Gasteiger partial charge >= 0.3 is 0 Å². The number of nitrogens with one attached hydrogen (secondary N) is 2. The molecular formula is C51H34N4OS. The zero-order valence-electron chi connectivity index (χ0n) is 30.7. The van der Waals surface area contributed by atoms with E-state index in [1.165, 1.54) is 47.5 Å². The average Bonchev–Trinajstić information content (AvgIpc) is 3.95. The second kappa shape index (κ2) is 12.8. The molecule has 2 unspecified atom stereocenters. The number of thiophene rings is 1. The lowest BCUT2D eigenvalue weighted by Crippen LogP contribution is -2.44. The van der Waals surface area contributed by atoms with Crippen LogP contribution < -0.4 is 10.6 Å². The van der Waals surface area contributed by atoms with Gasteiger partial charge in [-0.1, -0.05) is 121 Å². The molecule has 6 heteroatoms. The Hall–Kier alpha value is -6.99. The third-order valence-electron chi connectivity index (χ3n) is 11.5. The molecule has 8 aromatic carbocycles. The van der Waals surface area contributed by atoms with Crippen LogP contribution in [-0.2, 0) is 0 Å². The molecule has 4 heterocycles. The molecule has 0 radical (unpaired) electrons. The number of para-hydroxylation sites is 2. The van der Waals surface area contributed by atoms with Crippen LogP contribution in [0, 0.1) is 0 Å². The quantitative estimate of drug-likeness (QED) is 0.184. The van der Waals surface area contributed by atoms with Crippen molar-refractivity contribution in [3.63, 3.8) is 0 Å². The summed E-state index contributed by atoms with van der Waals surface area (Å²) in [6.07, 6.45) is -0.311. The first-order valence-corrected chi connectivity index (χ1v) is 20.2. The van der Waals surface area contributed by atoms with Gasteiger partial charge < -0.3 is 14.3 Å². The Kier molecular flexibility index (Phi) is 7.24. The van der Waals surface area contributed by atoms with Crippen LogP contribution in [0.1, 0.15) is 29.0 Å². The van der Waals surface area contributed by atoms with E-state index in [9.17, 15) is 0 Å². The van der Waals surface area contributed by atoms with E-state index in [1.807, 2.05) is 23.5 Å². The Morgan fingerprint density at radius 3 is 1.95 bits per heavy atom. The summed E-state index contributed by atoms with van der Waals surface area (Å²) in [5.41, 5.74) is 10.9. The van der Waals surface area contributed by atoms with Gasteiger partial charge in [-0.2, -0.15) is 0 Å². The first kappa shape index (κ1) is 32.3. The van der Waals surface area contributed by atoms with Crippen LogP contribution in [0.2, 0.25) is 0 Å². The summed E-state index contributed by atoms with van der Waals surface area (Å²) in [5, 5.41) is 14.7. The molecule has 1 aliphatic heterocycles. The summed E-state index contributed by atoms with van der Waals surface area (Å²) >= 11 is 1.84. The minimum Gasteiger partial charge on any atom is -0.456 e. The van der Waals surface area contributed by atoms with E-state index >= 15 is 0 Å². The molecule has 57 heavy (non-hydrogen) atoms. The van der Waals surface area contributed by atoms with Gasteiger partial charge in [-0.05, 0) is 82.9 Å². The first-order valence-electron chi connectivity index (χ1n) is 19.3. The third-order valence-corrected chi connectivity index (χ3v) is 12.6. The molecule has 0 amide bonds. The summed E-state index contributed by atoms with van der Waals surface area (Å²) in [6.45, 7) is 0. The Morgan fingerprint density at radius 2 is 1.16 bits per heavy atom. The third kappa shape index (κ3) is 5.22. The van der Waals surface area contributed by atoms with Crippen LogP contribution in [0.15, 0.2) is 191 Å². The Morgan fingerprint density at radius 1 is 0.491 bits per heavy atom. The predicted octanol–water partition coefficient (Wildman–Crippen LogP) is 13.1. The molecule has 270 valence electrons. The maximum absolute atomic E-state index is 6.65. The van der Waals surface area contributed by atoms with E-state index in [0.29, 0.717) is 0 Å². The summed E-state index contributed by atoms with van der Waals surface area (Å²) in [4.78, 5) is 5.11. The van der Waals surface area contributed by atoms with Gasteiger partial charge in [0.2, 0.25) is 0 Å². The van der Waals surface area contributed by atoms with E-state index in [2.05, 4.69) is 185 Å². The topological polar surface area (TPSA) is 54.5 Å². The molecular weight excluding hydrogens is 717 g/mol. The fraction of sp³-hybridized carbons (Fsp3) is 0.0392. The number of rotatable bonds is 5. The zero-order chi connectivity index (χ0) is 37.5. The number of aromatic nitrogens is 1. The number of fused-ring (bicyclic) bond motifs is 9. The average molecular weight is 751 g/mol. The molecule has 0 saturated carbocycles. The molecule has 2 N–H and O–H groups in total. The van der Waals surface area contributed by atoms with Crippen molar-refractivity contribution in [1.82, 2.24) is 15.2 Å². The van der Waals surface area contributed by atoms with E-state index in [1.54, 1.807) is 0 Å². The summed E-state index contributed by atoms with van der Waals surface area (Å²) in [5.74, 6) is 0.883. The lowest BCUT2D eigenvalue weighted by Gasteiger charge is -2.32. The summed E-state index contributed by atoms with van der Waals surface area (Å²) < 4.78 is 11.6. The fourth-order valence-corrected chi connectivity index (χ4v) is 9.86. The number of benzene rings is 8. The highest BCUT2D eigenvalue weighted by atomic mass is 32.1. The van der Waals surface area contributed by atoms with Crippen LogP contribution in [0.4, 0.5) is 0 Å². The van der Waals surface area contributed by atoms with Crippen molar-refractivity contribution < 1.29 is 4.42 Å². The van der Waals surface area contributed by atoms with E-state index in [-0.39, 0.29) is 12.3 Å². The maximum atomic E-state index is 6.65. The zero-order valence-corrected chi connectivity index (χ0v) is 31.5. The highest BCUT2D eigenvalue weighted by molar-refractivity contribution is 7.25. The van der Waals surface area contributed by atoms with E-state index < -0.39 is 0 Å². The largest absolute Gasteiger partial charge is 0.456 e. The van der Waals surface area contributed by atoms with E-state index in [4.69, 9.17) is 9.41 Å². The van der Waals surface area contributed by atoms with Gasteiger partial charge in [-0.15, -0.1) is 11.3 Å². The number of furan rings is 1. The van der Waals surface area contributed by atoms with Crippen molar-refractivity contribution in [2.24, 2.45) is 4.99 Å². The highest BCUT2D eigenvalue weighted by Gasteiger charge is 2.26. The number of nitrogens with zero attached hydrogens (tertiary/aromatic N) is 2. The van der Waals surface area contributed by atoms with Crippen molar-refractivity contribution in [2.75, 3.05) is 0 Å². The summed E-state index contributed by atoms with van der Waals surface area (Å²) in [6, 6.07) is 64.9. The molecule has 2 atom stereocenters. The summed E-state index contributed by atoms with van der Waals surface area (Å²) in [7, 11) is 0. The second-order valence-electron chi connectivity index (χ2n) is 14.8. The van der Waals surface area contributed by atoms with Crippen molar-refractivity contribution in [2.45, 2.75) is 12.3 Å². The molecule has 1 aliphatic rings. The van der Waals surface area contributed by atoms with E-state index in [0.717, 1.165) is 55.7 Å². The minimum atomic E-state index is -0.180. The van der Waals surface area contributed by atoms with Gasteiger partial charge in [-0.3, -0.25) is 5.32 Å². The van der Waals surface area contributed by atoms with Gasteiger partial charge in [0.15, 0.2) is 0 Å². The Balaban J connectivity index is 0.942. The normalized spacial score (nSPS) is 15.9. The number of aliphatic imine (C=N–C) groups is 1. The van der Waals surface area contributed by atoms with Gasteiger partial charge in [0, 0.05) is 41.9 Å². The van der Waals surface area contributed by atoms with Crippen LogP contribution in [-0.4, -0.2) is 10.4 Å². The number of hydrogen-bond acceptors (Lipinski definition) is 5. The molecule has 0 fully saturated rings. The van der Waals surface area contributed by atoms with Gasteiger partial charge in [0.05, 0.1) is 22.1 Å². The SMILES string of the molecule is c1ccc(C2=NC(c3ccccc3)NC(c3ccc4sc5ccc(-c6ccc7c(c6)oc6cccc(-n8c9ccccc9c9ccccc98)c67)cc5c4c3)N2)cc1. The van der Waals surface area contributed by atoms with Crippen LogP contribution in [0.25, 0.3) is 80.7 Å². The van der Waals surface area contributed by atoms with Crippen LogP contribution >= 0.6 is 11.3 Å². The van der Waals surface area contributed by atoms with Crippen molar-refractivity contribution in [3.05, 3.63) is 199 Å². The minimum absolute atomic E-state index is 0.131. The highest BCUT2D eigenvalue weighted by Crippen LogP contribution is 2.42. The molecule has 0 spiro atoms. The van der Waals surface area contributed by atoms with Crippen molar-refractivity contribution in [1.29, 1.82) is 0 Å². The van der Waals surface area contributed by atoms with Crippen LogP contribution in [0.3, 0.4) is 0 Å². The van der Waals surface area contributed by atoms with Crippen LogP contribution in [0.5, 0.6) is 0 Å². The lowest BCUT2D eigenvalue weighted by atomic mass is 10.00. The molecule has 3 aromatic heterocycles. The van der Waals surface area contributed by atoms with Gasteiger partial charge in [-0.25, -0.2) is 4.99 Å². The lowest BCUT2D eigenvalue weighted by molar-refractivity contribution is 0.409. The molecule has 0 aliphatic carbocycles. The predicted molar refractivity (Wildman–Crippen MR) is 238 cm³/mol. The van der Waals surface area contributed by atoms with Crippen molar-refractivity contribution in [3.8, 4) is 16.8 Å². The van der Waals surface area contributed by atoms with Gasteiger partial charge in [0.25, 0.3) is 0 Å². The Labute approximate surface area is 332 Å². The molecule has 0 saturated heterocycles. The number of amidine groups is 1. The fourth-order valence-electron chi connectivity index (χ4n) is 8.79. The monoisotopic (exact) mass is 750 g/mol. The number of hydrogen-bond donors (Lipinski definition) is 2. The molecule has 11 aromatic rings. The first-order chi connectivity index (χ1) is 28.2. The smallest absolute Gasteiger partial charge is 0.137 e. The molecule has 5 nitrogen and oxygen atoms in total. The maximum Gasteiger partial charge on any atom is 0.137 e. The standard InChI is InChI=1S/C51H34N4OS/c1-3-12-31(13-4-1)49-52-50(32-14-5-2-6-15-32)54-51(53-49)35-24-27-47-40(29-35)39-28-33(23-26-46(39)57-47)34-22-25-38-45(30-34)56-44-21-11-20-43(48(38)44)55-41-18-9-7-16-36(41)37-17-8-10-19-42(37)55/h1-30,49,51,53H,(H,52,54). The van der Waals surface area contributed by atoms with Crippen molar-refractivity contribution >= 4 is 81.1 Å².